The summed E-state index contributed by atoms with van der Waals surface area (Å²) < 4.78 is 16.9. The fourth-order valence-corrected chi connectivity index (χ4v) is 4.47. The number of nitro benzene ring substituents is 1. The predicted octanol–water partition coefficient (Wildman–Crippen LogP) is 4.06. The second kappa shape index (κ2) is 14.5. The molecule has 4 rings (SSSR count). The van der Waals surface area contributed by atoms with E-state index in [1.807, 2.05) is 0 Å². The van der Waals surface area contributed by atoms with Crippen molar-refractivity contribution >= 4 is 41.1 Å². The van der Waals surface area contributed by atoms with Crippen molar-refractivity contribution in [2.45, 2.75) is 26.5 Å². The Morgan fingerprint density at radius 2 is 1.74 bits per heavy atom. The maximum Gasteiger partial charge on any atom is 0.338 e. The zero-order valence-corrected chi connectivity index (χ0v) is 24.2. The number of thiocarbonyl (C=S) groups is 1. The highest BCUT2D eigenvalue weighted by molar-refractivity contribution is 7.80. The highest BCUT2D eigenvalue weighted by Gasteiger charge is 2.32. The second-order valence-corrected chi connectivity index (χ2v) is 9.57. The number of hydrogen-bond acceptors (Lipinski definition) is 9. The van der Waals surface area contributed by atoms with Gasteiger partial charge in [-0.25, -0.2) is 10.2 Å². The number of para-hydroxylation sites is 2. The van der Waals surface area contributed by atoms with E-state index in [9.17, 15) is 19.7 Å². The van der Waals surface area contributed by atoms with Crippen molar-refractivity contribution < 1.29 is 28.7 Å². The smallest absolute Gasteiger partial charge is 0.338 e. The lowest BCUT2D eigenvalue weighted by atomic mass is 9.95. The number of carbonyl (C=O) groups is 2. The quantitative estimate of drug-likeness (QED) is 0.0908. The SMILES string of the molecule is CCOC(=O)C1=C(C)NC(=S)N[C@H]1c1ccccc1OCC(=O)NN=Cc1ccccc1OCc1ccc([N+](=O)[O-])cc1. The topological polar surface area (TPSA) is 153 Å². The van der Waals surface area contributed by atoms with Crippen LogP contribution in [0.1, 0.15) is 36.6 Å². The van der Waals surface area contributed by atoms with Gasteiger partial charge in [0, 0.05) is 29.0 Å². The fraction of sp³-hybridized carbons (Fsp3) is 0.200. The fourth-order valence-electron chi connectivity index (χ4n) is 4.20. The Morgan fingerprint density at radius 3 is 2.47 bits per heavy atom. The van der Waals surface area contributed by atoms with E-state index in [0.717, 1.165) is 5.56 Å². The molecule has 0 spiro atoms. The Bertz CT molecular complexity index is 1570. The maximum atomic E-state index is 12.7. The van der Waals surface area contributed by atoms with Gasteiger partial charge in [-0.05, 0) is 62.0 Å². The van der Waals surface area contributed by atoms with Gasteiger partial charge in [0.15, 0.2) is 11.7 Å². The van der Waals surface area contributed by atoms with Crippen molar-refractivity contribution in [2.75, 3.05) is 13.2 Å². The van der Waals surface area contributed by atoms with Crippen LogP contribution in [0.5, 0.6) is 11.5 Å². The summed E-state index contributed by atoms with van der Waals surface area (Å²) >= 11 is 5.30. The number of amides is 1. The van der Waals surface area contributed by atoms with Gasteiger partial charge >= 0.3 is 5.97 Å². The number of benzene rings is 3. The highest BCUT2D eigenvalue weighted by Crippen LogP contribution is 2.33. The van der Waals surface area contributed by atoms with Crippen LogP contribution in [0, 0.1) is 10.1 Å². The summed E-state index contributed by atoms with van der Waals surface area (Å²) in [5, 5.41) is 21.2. The van der Waals surface area contributed by atoms with Crippen LogP contribution in [-0.2, 0) is 20.9 Å². The molecule has 3 N–H and O–H groups in total. The van der Waals surface area contributed by atoms with E-state index in [2.05, 4.69) is 21.2 Å². The molecule has 0 aromatic heterocycles. The molecule has 1 aliphatic rings. The molecule has 0 aliphatic carbocycles. The van der Waals surface area contributed by atoms with Gasteiger partial charge in [-0.3, -0.25) is 14.9 Å². The Labute approximate surface area is 252 Å². The molecule has 1 amide bonds. The molecule has 13 heteroatoms. The average molecular weight is 604 g/mol. The van der Waals surface area contributed by atoms with Gasteiger partial charge in [-0.1, -0.05) is 30.3 Å². The van der Waals surface area contributed by atoms with E-state index in [-0.39, 0.29) is 25.5 Å². The third-order valence-electron chi connectivity index (χ3n) is 6.21. The Morgan fingerprint density at radius 1 is 1.05 bits per heavy atom. The van der Waals surface area contributed by atoms with Crippen LogP contribution < -0.4 is 25.5 Å². The number of carbonyl (C=O) groups excluding carboxylic acids is 2. The minimum Gasteiger partial charge on any atom is -0.488 e. The van der Waals surface area contributed by atoms with Crippen molar-refractivity contribution in [2.24, 2.45) is 5.10 Å². The molecule has 0 saturated carbocycles. The van der Waals surface area contributed by atoms with Crippen LogP contribution in [0.3, 0.4) is 0 Å². The first-order valence-electron chi connectivity index (χ1n) is 13.2. The molecule has 0 saturated heterocycles. The number of allylic oxidation sites excluding steroid dienone is 1. The summed E-state index contributed by atoms with van der Waals surface area (Å²) in [4.78, 5) is 35.7. The summed E-state index contributed by atoms with van der Waals surface area (Å²) in [7, 11) is 0. The van der Waals surface area contributed by atoms with Crippen LogP contribution in [0.15, 0.2) is 89.2 Å². The minimum atomic E-state index is -0.646. The van der Waals surface area contributed by atoms with E-state index in [4.69, 9.17) is 26.4 Å². The van der Waals surface area contributed by atoms with Crippen molar-refractivity contribution in [1.82, 2.24) is 16.1 Å². The molecule has 0 fully saturated rings. The standard InChI is InChI=1S/C30H29N5O7S/c1-3-40-29(37)27-19(2)32-30(43)33-28(27)23-9-5-7-11-25(23)42-18-26(36)34-31-16-21-8-4-6-10-24(21)41-17-20-12-14-22(15-13-20)35(38)39/h4-16,28H,3,17-18H2,1-2H3,(H,34,36)(H2,32,33,43)/t28-/m0/s1. The van der Waals surface area contributed by atoms with Crippen LogP contribution in [0.25, 0.3) is 0 Å². The molecular weight excluding hydrogens is 574 g/mol. The first-order valence-corrected chi connectivity index (χ1v) is 13.6. The molecule has 3 aromatic rings. The number of hydrazone groups is 1. The van der Waals surface area contributed by atoms with E-state index < -0.39 is 22.8 Å². The molecule has 43 heavy (non-hydrogen) atoms. The average Bonchev–Trinajstić information content (AvgIpc) is 2.99. The Hall–Kier alpha value is -5.30. The number of non-ortho nitro benzene ring substituents is 1. The number of hydrogen-bond donors (Lipinski definition) is 3. The predicted molar refractivity (Wildman–Crippen MR) is 162 cm³/mol. The lowest BCUT2D eigenvalue weighted by molar-refractivity contribution is -0.384. The number of nitrogens with zero attached hydrogens (tertiary/aromatic N) is 2. The van der Waals surface area contributed by atoms with E-state index in [1.54, 1.807) is 74.5 Å². The third kappa shape index (κ3) is 8.14. The minimum absolute atomic E-state index is 0.0000857. The molecule has 12 nitrogen and oxygen atoms in total. The number of ether oxygens (including phenoxy) is 3. The molecular formula is C30H29N5O7S. The van der Waals surface area contributed by atoms with E-state index >= 15 is 0 Å². The van der Waals surface area contributed by atoms with Gasteiger partial charge < -0.3 is 24.8 Å². The van der Waals surface area contributed by atoms with Gasteiger partial charge in [0.1, 0.15) is 18.1 Å². The maximum absolute atomic E-state index is 12.7. The van der Waals surface area contributed by atoms with Crippen LogP contribution in [-0.4, -0.2) is 41.3 Å². The van der Waals surface area contributed by atoms with E-state index in [1.165, 1.54) is 18.3 Å². The van der Waals surface area contributed by atoms with Gasteiger partial charge in [-0.2, -0.15) is 5.10 Å². The molecule has 1 aliphatic heterocycles. The van der Waals surface area contributed by atoms with Crippen molar-refractivity contribution in [3.05, 3.63) is 111 Å². The normalized spacial score (nSPS) is 14.5. The number of nitro groups is 1. The number of esters is 1. The molecule has 3 aromatic carbocycles. The summed E-state index contributed by atoms with van der Waals surface area (Å²) in [5.41, 5.74) is 5.31. The van der Waals surface area contributed by atoms with Crippen LogP contribution >= 0.6 is 12.2 Å². The van der Waals surface area contributed by atoms with Crippen LogP contribution in [0.4, 0.5) is 5.69 Å². The molecule has 0 radical (unpaired) electrons. The Balaban J connectivity index is 1.38. The summed E-state index contributed by atoms with van der Waals surface area (Å²) in [6.07, 6.45) is 1.44. The van der Waals surface area contributed by atoms with Crippen molar-refractivity contribution in [3.63, 3.8) is 0 Å². The molecule has 0 unspecified atom stereocenters. The van der Waals surface area contributed by atoms with Gasteiger partial charge in [0.05, 0.1) is 29.4 Å². The van der Waals surface area contributed by atoms with Crippen LogP contribution in [0.2, 0.25) is 0 Å². The molecule has 1 heterocycles. The second-order valence-electron chi connectivity index (χ2n) is 9.16. The largest absolute Gasteiger partial charge is 0.488 e. The summed E-state index contributed by atoms with van der Waals surface area (Å²) in [6.45, 7) is 3.51. The van der Waals surface area contributed by atoms with E-state index in [0.29, 0.717) is 39.0 Å². The lowest BCUT2D eigenvalue weighted by Crippen LogP contribution is -2.45. The van der Waals surface area contributed by atoms with Gasteiger partial charge in [0.2, 0.25) is 0 Å². The summed E-state index contributed by atoms with van der Waals surface area (Å²) in [5.74, 6) is -0.117. The zero-order chi connectivity index (χ0) is 30.8. The first kappa shape index (κ1) is 30.7. The monoisotopic (exact) mass is 603 g/mol. The highest BCUT2D eigenvalue weighted by atomic mass is 32.1. The van der Waals surface area contributed by atoms with Gasteiger partial charge in [-0.15, -0.1) is 0 Å². The van der Waals surface area contributed by atoms with Gasteiger partial charge in [0.25, 0.3) is 11.6 Å². The number of rotatable bonds is 12. The lowest BCUT2D eigenvalue weighted by Gasteiger charge is -2.30. The zero-order valence-electron chi connectivity index (χ0n) is 23.4. The third-order valence-corrected chi connectivity index (χ3v) is 6.43. The first-order chi connectivity index (χ1) is 20.8. The molecule has 1 atom stereocenters. The molecule has 222 valence electrons. The Kier molecular flexibility index (Phi) is 10.4. The number of nitrogens with one attached hydrogen (secondary N) is 3. The summed E-state index contributed by atoms with van der Waals surface area (Å²) in [6, 6.07) is 19.5. The van der Waals surface area contributed by atoms with Crippen molar-refractivity contribution in [1.29, 1.82) is 0 Å². The van der Waals surface area contributed by atoms with Crippen molar-refractivity contribution in [3.8, 4) is 11.5 Å². The molecule has 0 bridgehead atoms.